The van der Waals surface area contributed by atoms with Gasteiger partial charge in [-0.05, 0) is 50.2 Å². The minimum atomic E-state index is -3.56. The average Bonchev–Trinajstić information content (AvgIpc) is 3.07. The van der Waals surface area contributed by atoms with Crippen molar-refractivity contribution >= 4 is 7.82 Å². The Labute approximate surface area is 178 Å². The number of methoxy groups -OCH3 is 2. The van der Waals surface area contributed by atoms with Crippen LogP contribution in [0, 0.1) is 5.41 Å². The first kappa shape index (κ1) is 21.7. The predicted molar refractivity (Wildman–Crippen MR) is 114 cm³/mol. The summed E-state index contributed by atoms with van der Waals surface area (Å²) in [5.74, 6) is 2.15. The van der Waals surface area contributed by atoms with E-state index in [1.807, 2.05) is 19.9 Å². The van der Waals surface area contributed by atoms with Crippen LogP contribution in [0.1, 0.15) is 38.7 Å². The van der Waals surface area contributed by atoms with E-state index in [0.29, 0.717) is 25.4 Å². The van der Waals surface area contributed by atoms with Gasteiger partial charge in [-0.25, -0.2) is 4.57 Å². The van der Waals surface area contributed by atoms with Gasteiger partial charge in [0, 0.05) is 23.3 Å². The van der Waals surface area contributed by atoms with Gasteiger partial charge in [0.2, 0.25) is 0 Å². The highest BCUT2D eigenvalue weighted by atomic mass is 31.2. The van der Waals surface area contributed by atoms with Crippen LogP contribution in [-0.4, -0.2) is 52.0 Å². The summed E-state index contributed by atoms with van der Waals surface area (Å²) < 4.78 is 40.7. The predicted octanol–water partition coefficient (Wildman–Crippen LogP) is 4.52. The maximum atomic E-state index is 12.9. The van der Waals surface area contributed by atoms with Crippen molar-refractivity contribution in [3.8, 4) is 11.5 Å². The van der Waals surface area contributed by atoms with E-state index < -0.39 is 7.82 Å². The number of rotatable bonds is 5. The van der Waals surface area contributed by atoms with E-state index >= 15 is 0 Å². The third-order valence-corrected chi connectivity index (χ3v) is 7.88. The molecule has 2 aliphatic heterocycles. The first-order chi connectivity index (χ1) is 14.2. The highest BCUT2D eigenvalue weighted by Crippen LogP contribution is 2.58. The lowest BCUT2D eigenvalue weighted by Crippen LogP contribution is -2.42. The fourth-order valence-corrected chi connectivity index (χ4v) is 6.35. The van der Waals surface area contributed by atoms with E-state index in [1.54, 1.807) is 14.2 Å². The van der Waals surface area contributed by atoms with Gasteiger partial charge < -0.3 is 14.0 Å². The van der Waals surface area contributed by atoms with Gasteiger partial charge in [-0.1, -0.05) is 19.9 Å². The van der Waals surface area contributed by atoms with Gasteiger partial charge in [0.15, 0.2) is 11.5 Å². The zero-order valence-corrected chi connectivity index (χ0v) is 19.4. The molecule has 1 aromatic carbocycles. The van der Waals surface area contributed by atoms with E-state index in [2.05, 4.69) is 30.2 Å². The molecule has 4 rings (SSSR count). The zero-order valence-electron chi connectivity index (χ0n) is 18.5. The molecule has 2 saturated heterocycles. The van der Waals surface area contributed by atoms with Gasteiger partial charge in [0.1, 0.15) is 5.76 Å². The smallest absolute Gasteiger partial charge is 0.493 e. The van der Waals surface area contributed by atoms with Crippen LogP contribution < -0.4 is 9.47 Å². The molecule has 1 aromatic rings. The van der Waals surface area contributed by atoms with Crippen LogP contribution in [-0.2, 0) is 23.6 Å². The van der Waals surface area contributed by atoms with Crippen molar-refractivity contribution in [2.24, 2.45) is 5.41 Å². The summed E-state index contributed by atoms with van der Waals surface area (Å²) in [7, 11) is 1.86. The Morgan fingerprint density at radius 3 is 2.47 bits per heavy atom. The monoisotopic (exact) mass is 437 g/mol. The Hall–Kier alpha value is -1.53. The molecule has 0 spiro atoms. The number of hydrogen-bond donors (Lipinski definition) is 0. The Morgan fingerprint density at radius 2 is 1.80 bits per heavy atom. The number of ether oxygens (including phenoxy) is 2. The second kappa shape index (κ2) is 7.86. The molecule has 0 saturated carbocycles. The van der Waals surface area contributed by atoms with Gasteiger partial charge in [-0.15, -0.1) is 0 Å². The number of phosphoric acid groups is 1. The van der Waals surface area contributed by atoms with Gasteiger partial charge in [0.25, 0.3) is 0 Å². The summed E-state index contributed by atoms with van der Waals surface area (Å²) in [5.41, 5.74) is 1.02. The molecule has 8 heteroatoms. The van der Waals surface area contributed by atoms with Crippen molar-refractivity contribution in [1.29, 1.82) is 0 Å². The van der Waals surface area contributed by atoms with E-state index in [9.17, 15) is 4.57 Å². The Morgan fingerprint density at radius 1 is 1.10 bits per heavy atom. The van der Waals surface area contributed by atoms with Gasteiger partial charge >= 0.3 is 7.82 Å². The van der Waals surface area contributed by atoms with Crippen LogP contribution in [0.15, 0.2) is 30.0 Å². The third kappa shape index (κ3) is 3.89. The molecule has 2 atom stereocenters. The lowest BCUT2D eigenvalue weighted by atomic mass is 9.68. The molecule has 7 nitrogen and oxygen atoms in total. The number of phosphoric ester groups is 1. The SMILES string of the molecule is COc1ccc(C23CCC(OP4(=O)OCC(C)(C)CO4)=CC2N(C)CC3)cc1OC. The van der Waals surface area contributed by atoms with E-state index in [-0.39, 0.29) is 16.9 Å². The second-order valence-corrected chi connectivity index (χ2v) is 10.9. The number of allylic oxidation sites excluding steroid dienone is 1. The highest BCUT2D eigenvalue weighted by molar-refractivity contribution is 7.48. The lowest BCUT2D eigenvalue weighted by Gasteiger charge is -2.41. The number of nitrogens with zero attached hydrogens (tertiary/aromatic N) is 1. The van der Waals surface area contributed by atoms with E-state index in [1.165, 1.54) is 5.56 Å². The van der Waals surface area contributed by atoms with Crippen molar-refractivity contribution in [2.45, 2.75) is 44.6 Å². The van der Waals surface area contributed by atoms with Crippen LogP contribution in [0.2, 0.25) is 0 Å². The summed E-state index contributed by atoms with van der Waals surface area (Å²) in [5, 5.41) is 0. The molecule has 0 N–H and O–H groups in total. The van der Waals surface area contributed by atoms with Gasteiger partial charge in [-0.2, -0.15) is 0 Å². The Kier molecular flexibility index (Phi) is 5.69. The van der Waals surface area contributed by atoms with Crippen LogP contribution in [0.25, 0.3) is 0 Å². The molecule has 0 bridgehead atoms. The minimum absolute atomic E-state index is 0.0497. The number of likely N-dealkylation sites (tertiary alicyclic amines) is 1. The van der Waals surface area contributed by atoms with Gasteiger partial charge in [-0.3, -0.25) is 13.9 Å². The highest BCUT2D eigenvalue weighted by Gasteiger charge is 2.49. The van der Waals surface area contributed by atoms with Gasteiger partial charge in [0.05, 0.1) is 27.4 Å². The molecule has 0 radical (unpaired) electrons. The maximum absolute atomic E-state index is 12.9. The summed E-state index contributed by atoms with van der Waals surface area (Å²) in [6, 6.07) is 6.32. The maximum Gasteiger partial charge on any atom is 0.529 e. The molecule has 3 aliphatic rings. The lowest BCUT2D eigenvalue weighted by molar-refractivity contribution is 0.00792. The molecule has 2 heterocycles. The number of hydrogen-bond acceptors (Lipinski definition) is 7. The first-order valence-corrected chi connectivity index (χ1v) is 11.9. The molecule has 0 aromatic heterocycles. The fourth-order valence-electron chi connectivity index (χ4n) is 4.71. The molecule has 2 fully saturated rings. The average molecular weight is 437 g/mol. The summed E-state index contributed by atoms with van der Waals surface area (Å²) in [6.45, 7) is 5.72. The Bertz CT molecular complexity index is 870. The largest absolute Gasteiger partial charge is 0.529 e. The number of benzene rings is 1. The normalized spacial score (nSPS) is 30.3. The topological polar surface area (TPSA) is 66.5 Å². The van der Waals surface area contributed by atoms with Crippen molar-refractivity contribution in [1.82, 2.24) is 4.90 Å². The van der Waals surface area contributed by atoms with E-state index in [4.69, 9.17) is 23.0 Å². The van der Waals surface area contributed by atoms with Crippen molar-refractivity contribution in [3.05, 3.63) is 35.6 Å². The van der Waals surface area contributed by atoms with Crippen molar-refractivity contribution in [2.75, 3.05) is 41.0 Å². The third-order valence-electron chi connectivity index (χ3n) is 6.53. The summed E-state index contributed by atoms with van der Waals surface area (Å²) in [6.07, 6.45) is 4.69. The first-order valence-electron chi connectivity index (χ1n) is 10.4. The standard InChI is InChI=1S/C22H32NO6P/c1-21(2)14-27-30(24,28-15-21)29-17-8-9-22(10-11-23(3)20(22)13-17)16-6-7-18(25-4)19(12-16)26-5/h6-7,12-13,20H,8-11,14-15H2,1-5H3. The molecular weight excluding hydrogens is 405 g/mol. The molecule has 2 unspecified atom stereocenters. The summed E-state index contributed by atoms with van der Waals surface area (Å²) in [4.78, 5) is 2.32. The number of likely N-dealkylation sites (N-methyl/N-ethyl adjacent to an activating group) is 1. The molecule has 30 heavy (non-hydrogen) atoms. The van der Waals surface area contributed by atoms with E-state index in [0.717, 1.165) is 30.9 Å². The van der Waals surface area contributed by atoms with Crippen molar-refractivity contribution < 1.29 is 27.6 Å². The zero-order chi connectivity index (χ0) is 21.6. The molecule has 166 valence electrons. The quantitative estimate of drug-likeness (QED) is 0.628. The van der Waals surface area contributed by atoms with Crippen molar-refractivity contribution in [3.63, 3.8) is 0 Å². The molecule has 0 amide bonds. The van der Waals surface area contributed by atoms with Crippen LogP contribution in [0.3, 0.4) is 0 Å². The fraction of sp³-hybridized carbons (Fsp3) is 0.636. The second-order valence-electron chi connectivity index (χ2n) is 9.28. The Balaban J connectivity index is 1.59. The van der Waals surface area contributed by atoms with Crippen LogP contribution in [0.4, 0.5) is 0 Å². The van der Waals surface area contributed by atoms with Crippen LogP contribution >= 0.6 is 7.82 Å². The molecular formula is C22H32NO6P. The number of fused-ring (bicyclic) bond motifs is 1. The summed E-state index contributed by atoms with van der Waals surface area (Å²) >= 11 is 0. The van der Waals surface area contributed by atoms with Crippen LogP contribution in [0.5, 0.6) is 11.5 Å². The molecule has 1 aliphatic carbocycles. The minimum Gasteiger partial charge on any atom is -0.493 e.